The molecule has 1 rings (SSSR count). The highest BCUT2D eigenvalue weighted by Crippen LogP contribution is 2.17. The van der Waals surface area contributed by atoms with Gasteiger partial charge in [-0.05, 0) is 47.0 Å². The first-order valence-corrected chi connectivity index (χ1v) is 5.74. The molecule has 0 radical (unpaired) electrons. The Morgan fingerprint density at radius 1 is 1.35 bits per heavy atom. The molecule has 94 valence electrons. The molecule has 1 aromatic carbocycles. The molecule has 0 N–H and O–H groups in total. The van der Waals surface area contributed by atoms with E-state index in [9.17, 15) is 4.79 Å². The third-order valence-electron chi connectivity index (χ3n) is 3.04. The summed E-state index contributed by atoms with van der Waals surface area (Å²) in [4.78, 5) is 13.4. The van der Waals surface area contributed by atoms with Crippen molar-refractivity contribution in [3.05, 3.63) is 29.8 Å². The fraction of sp³-hybridized carbons (Fsp3) is 0.500. The minimum Gasteiger partial charge on any atom is -0.492 e. The Bertz CT molecular complexity index is 397. The van der Waals surface area contributed by atoms with E-state index < -0.39 is 0 Å². The standard InChI is InChI=1S/C14H21NO2/c1-11(16)12-7-6-8-13(9-12)17-10-14(2,3)15(4)5/h6-9H,10H2,1-5H3. The highest BCUT2D eigenvalue weighted by molar-refractivity contribution is 5.94. The lowest BCUT2D eigenvalue weighted by Gasteiger charge is -2.32. The Morgan fingerprint density at radius 3 is 2.53 bits per heavy atom. The molecule has 0 heterocycles. The van der Waals surface area contributed by atoms with Gasteiger partial charge in [0.1, 0.15) is 12.4 Å². The van der Waals surface area contributed by atoms with Gasteiger partial charge < -0.3 is 9.64 Å². The molecule has 0 fully saturated rings. The quantitative estimate of drug-likeness (QED) is 0.735. The van der Waals surface area contributed by atoms with Crippen molar-refractivity contribution in [1.82, 2.24) is 4.90 Å². The van der Waals surface area contributed by atoms with Gasteiger partial charge in [-0.25, -0.2) is 0 Å². The van der Waals surface area contributed by atoms with Crippen LogP contribution < -0.4 is 4.74 Å². The maximum absolute atomic E-state index is 11.2. The second-order valence-corrected chi connectivity index (χ2v) is 5.08. The Balaban J connectivity index is 2.70. The van der Waals surface area contributed by atoms with Crippen LogP contribution in [0.25, 0.3) is 0 Å². The maximum Gasteiger partial charge on any atom is 0.159 e. The van der Waals surface area contributed by atoms with Crippen molar-refractivity contribution in [2.24, 2.45) is 0 Å². The summed E-state index contributed by atoms with van der Waals surface area (Å²) in [5.74, 6) is 0.801. The normalized spacial score (nSPS) is 11.6. The summed E-state index contributed by atoms with van der Waals surface area (Å²) < 4.78 is 5.73. The predicted molar refractivity (Wildman–Crippen MR) is 69.7 cm³/mol. The van der Waals surface area contributed by atoms with Crippen LogP contribution in [0.5, 0.6) is 5.75 Å². The highest BCUT2D eigenvalue weighted by atomic mass is 16.5. The topological polar surface area (TPSA) is 29.5 Å². The average Bonchev–Trinajstić information content (AvgIpc) is 2.26. The van der Waals surface area contributed by atoms with E-state index in [-0.39, 0.29) is 11.3 Å². The van der Waals surface area contributed by atoms with Crippen LogP contribution in [0, 0.1) is 0 Å². The first kappa shape index (κ1) is 13.7. The van der Waals surface area contributed by atoms with Gasteiger partial charge in [0.05, 0.1) is 0 Å². The zero-order valence-corrected chi connectivity index (χ0v) is 11.3. The van der Waals surface area contributed by atoms with Crippen LogP contribution in [0.4, 0.5) is 0 Å². The summed E-state index contributed by atoms with van der Waals surface area (Å²) >= 11 is 0. The van der Waals surface area contributed by atoms with Crippen LogP contribution in [0.3, 0.4) is 0 Å². The second kappa shape index (κ2) is 5.32. The SMILES string of the molecule is CC(=O)c1cccc(OCC(C)(C)N(C)C)c1. The van der Waals surface area contributed by atoms with Crippen molar-refractivity contribution in [2.75, 3.05) is 20.7 Å². The van der Waals surface area contributed by atoms with Crippen LogP contribution >= 0.6 is 0 Å². The number of hydrogen-bond donors (Lipinski definition) is 0. The van der Waals surface area contributed by atoms with Crippen molar-refractivity contribution in [3.63, 3.8) is 0 Å². The van der Waals surface area contributed by atoms with E-state index in [1.165, 1.54) is 0 Å². The Morgan fingerprint density at radius 2 is 2.00 bits per heavy atom. The molecule has 0 atom stereocenters. The maximum atomic E-state index is 11.2. The number of likely N-dealkylation sites (N-methyl/N-ethyl adjacent to an activating group) is 1. The van der Waals surface area contributed by atoms with Gasteiger partial charge in [-0.3, -0.25) is 4.79 Å². The van der Waals surface area contributed by atoms with E-state index in [1.807, 2.05) is 26.2 Å². The lowest BCUT2D eigenvalue weighted by atomic mass is 10.1. The molecule has 1 aromatic rings. The zero-order valence-electron chi connectivity index (χ0n) is 11.3. The fourth-order valence-corrected chi connectivity index (χ4v) is 1.19. The van der Waals surface area contributed by atoms with E-state index in [2.05, 4.69) is 18.7 Å². The molecule has 3 heteroatoms. The number of carbonyl (C=O) groups excluding carboxylic acids is 1. The molecular formula is C14H21NO2. The third-order valence-corrected chi connectivity index (χ3v) is 3.04. The molecule has 0 aliphatic rings. The van der Waals surface area contributed by atoms with Crippen LogP contribution in [-0.2, 0) is 0 Å². The molecular weight excluding hydrogens is 214 g/mol. The second-order valence-electron chi connectivity index (χ2n) is 5.08. The molecule has 0 bridgehead atoms. The molecule has 0 spiro atoms. The van der Waals surface area contributed by atoms with Gasteiger partial charge in [0.15, 0.2) is 5.78 Å². The van der Waals surface area contributed by atoms with Crippen molar-refractivity contribution >= 4 is 5.78 Å². The number of ether oxygens (including phenoxy) is 1. The monoisotopic (exact) mass is 235 g/mol. The average molecular weight is 235 g/mol. The van der Waals surface area contributed by atoms with E-state index in [0.29, 0.717) is 12.2 Å². The minimum atomic E-state index is -0.0355. The predicted octanol–water partition coefficient (Wildman–Crippen LogP) is 2.61. The van der Waals surface area contributed by atoms with Gasteiger partial charge in [0, 0.05) is 11.1 Å². The van der Waals surface area contributed by atoms with E-state index in [0.717, 1.165) is 5.75 Å². The van der Waals surface area contributed by atoms with Crippen LogP contribution in [0.2, 0.25) is 0 Å². The third kappa shape index (κ3) is 3.86. The number of benzene rings is 1. The van der Waals surface area contributed by atoms with Gasteiger partial charge in [-0.2, -0.15) is 0 Å². The molecule has 0 saturated heterocycles. The fourth-order valence-electron chi connectivity index (χ4n) is 1.19. The molecule has 0 aromatic heterocycles. The summed E-state index contributed by atoms with van der Waals surface area (Å²) in [5.41, 5.74) is 0.650. The Kier molecular flexibility index (Phi) is 4.29. The first-order valence-electron chi connectivity index (χ1n) is 5.74. The van der Waals surface area contributed by atoms with Crippen molar-refractivity contribution in [3.8, 4) is 5.75 Å². The molecule has 0 amide bonds. The lowest BCUT2D eigenvalue weighted by Crippen LogP contribution is -2.43. The summed E-state index contributed by atoms with van der Waals surface area (Å²) in [6, 6.07) is 7.30. The van der Waals surface area contributed by atoms with Crippen molar-refractivity contribution in [1.29, 1.82) is 0 Å². The van der Waals surface area contributed by atoms with Crippen LogP contribution in [0.1, 0.15) is 31.1 Å². The van der Waals surface area contributed by atoms with Crippen molar-refractivity contribution in [2.45, 2.75) is 26.3 Å². The van der Waals surface area contributed by atoms with Gasteiger partial charge in [-0.15, -0.1) is 0 Å². The van der Waals surface area contributed by atoms with Crippen molar-refractivity contribution < 1.29 is 9.53 Å². The van der Waals surface area contributed by atoms with Gasteiger partial charge in [-0.1, -0.05) is 12.1 Å². The van der Waals surface area contributed by atoms with E-state index in [4.69, 9.17) is 4.74 Å². The largest absolute Gasteiger partial charge is 0.492 e. The molecule has 17 heavy (non-hydrogen) atoms. The Labute approximate surface area is 103 Å². The van der Waals surface area contributed by atoms with Crippen LogP contribution in [0.15, 0.2) is 24.3 Å². The van der Waals surface area contributed by atoms with Gasteiger partial charge in [0.2, 0.25) is 0 Å². The molecule has 0 saturated carbocycles. The molecule has 3 nitrogen and oxygen atoms in total. The summed E-state index contributed by atoms with van der Waals surface area (Å²) in [6.07, 6.45) is 0. The van der Waals surface area contributed by atoms with Gasteiger partial charge >= 0.3 is 0 Å². The summed E-state index contributed by atoms with van der Waals surface area (Å²) in [6.45, 7) is 6.37. The van der Waals surface area contributed by atoms with E-state index in [1.54, 1.807) is 19.1 Å². The molecule has 0 aliphatic heterocycles. The lowest BCUT2D eigenvalue weighted by molar-refractivity contribution is 0.101. The smallest absolute Gasteiger partial charge is 0.159 e. The summed E-state index contributed by atoms with van der Waals surface area (Å²) in [5, 5.41) is 0. The number of Topliss-reactive ketones (excluding diaryl/α,β-unsaturated/α-hetero) is 1. The number of hydrogen-bond acceptors (Lipinski definition) is 3. The first-order chi connectivity index (χ1) is 7.83. The highest BCUT2D eigenvalue weighted by Gasteiger charge is 2.21. The molecule has 0 unspecified atom stereocenters. The van der Waals surface area contributed by atoms with E-state index >= 15 is 0 Å². The summed E-state index contributed by atoms with van der Waals surface area (Å²) in [7, 11) is 4.05. The van der Waals surface area contributed by atoms with Gasteiger partial charge in [0.25, 0.3) is 0 Å². The molecule has 0 aliphatic carbocycles. The van der Waals surface area contributed by atoms with Crippen LogP contribution in [-0.4, -0.2) is 36.9 Å². The minimum absolute atomic E-state index is 0.0355. The number of carbonyl (C=O) groups is 1. The zero-order chi connectivity index (χ0) is 13.1. The Hall–Kier alpha value is -1.35. The number of nitrogens with zero attached hydrogens (tertiary/aromatic N) is 1. The number of ketones is 1. The number of rotatable bonds is 5.